The third kappa shape index (κ3) is 3.75. The molecule has 0 radical (unpaired) electrons. The topological polar surface area (TPSA) is 93.4 Å². The van der Waals surface area contributed by atoms with Crippen LogP contribution in [0.2, 0.25) is 5.02 Å². The van der Waals surface area contributed by atoms with Crippen molar-refractivity contribution < 1.29 is 14.7 Å². The molecule has 1 heterocycles. The van der Waals surface area contributed by atoms with Gasteiger partial charge in [-0.3, -0.25) is 14.5 Å². The monoisotopic (exact) mass is 393 g/mol. The molecule has 0 aromatic heterocycles. The smallest absolute Gasteiger partial charge is 0.271 e. The van der Waals surface area contributed by atoms with E-state index in [2.05, 4.69) is 5.32 Å². The molecule has 140 valence electrons. The molecule has 0 bridgehead atoms. The van der Waals surface area contributed by atoms with E-state index in [1.807, 2.05) is 12.1 Å². The number of hydrogen-bond donors (Lipinski definition) is 2. The molecule has 2 amide bonds. The first-order valence-corrected chi connectivity index (χ1v) is 8.77. The van der Waals surface area contributed by atoms with Gasteiger partial charge in [0.25, 0.3) is 11.8 Å². The first-order valence-electron chi connectivity index (χ1n) is 8.39. The second-order valence-electron chi connectivity index (χ2n) is 6.16. The van der Waals surface area contributed by atoms with Crippen molar-refractivity contribution >= 4 is 29.1 Å². The van der Waals surface area contributed by atoms with Gasteiger partial charge in [0.2, 0.25) is 0 Å². The van der Waals surface area contributed by atoms with Gasteiger partial charge in [-0.1, -0.05) is 41.9 Å². The van der Waals surface area contributed by atoms with Crippen LogP contribution in [0.15, 0.2) is 71.5 Å². The van der Waals surface area contributed by atoms with Crippen LogP contribution >= 0.6 is 11.6 Å². The quantitative estimate of drug-likeness (QED) is 0.468. The minimum absolute atomic E-state index is 0.0520. The zero-order valence-electron chi connectivity index (χ0n) is 14.9. The zero-order valence-corrected chi connectivity index (χ0v) is 15.7. The molecule has 0 saturated heterocycles. The Balaban J connectivity index is 1.98. The van der Waals surface area contributed by atoms with E-state index >= 15 is 0 Å². The molecule has 2 aromatic carbocycles. The molecule has 3 rings (SSSR count). The minimum atomic E-state index is -0.628. The summed E-state index contributed by atoms with van der Waals surface area (Å²) in [5.74, 6) is -1.21. The summed E-state index contributed by atoms with van der Waals surface area (Å²) in [5, 5.41) is 22.6. The summed E-state index contributed by atoms with van der Waals surface area (Å²) in [5.41, 5.74) is 1.40. The Kier molecular flexibility index (Phi) is 5.48. The maximum Gasteiger partial charge on any atom is 0.271 e. The van der Waals surface area contributed by atoms with E-state index < -0.39 is 11.8 Å². The van der Waals surface area contributed by atoms with E-state index in [0.717, 1.165) is 10.5 Å². The molecule has 1 aliphatic heterocycles. The second-order valence-corrected chi connectivity index (χ2v) is 6.59. The van der Waals surface area contributed by atoms with Gasteiger partial charge in [-0.25, -0.2) is 0 Å². The van der Waals surface area contributed by atoms with Crippen molar-refractivity contribution in [2.45, 2.75) is 13.5 Å². The van der Waals surface area contributed by atoms with Crippen LogP contribution < -0.4 is 5.32 Å². The third-order valence-corrected chi connectivity index (χ3v) is 4.57. The van der Waals surface area contributed by atoms with Gasteiger partial charge < -0.3 is 10.4 Å². The van der Waals surface area contributed by atoms with Crippen LogP contribution in [0.3, 0.4) is 0 Å². The second kappa shape index (κ2) is 7.99. The number of halogens is 1. The number of benzene rings is 2. The minimum Gasteiger partial charge on any atom is -0.506 e. The molecule has 7 heteroatoms. The van der Waals surface area contributed by atoms with Crippen LogP contribution in [0.1, 0.15) is 12.5 Å². The van der Waals surface area contributed by atoms with Crippen molar-refractivity contribution in [1.29, 1.82) is 5.26 Å². The van der Waals surface area contributed by atoms with Gasteiger partial charge in [-0.2, -0.15) is 5.26 Å². The molecular formula is C21H16ClN3O3. The maximum absolute atomic E-state index is 12.9. The number of phenolic OH excluding ortho intramolecular Hbond substituents is 1. The number of carbonyl (C=O) groups is 2. The van der Waals surface area contributed by atoms with E-state index in [-0.39, 0.29) is 29.0 Å². The molecule has 2 aromatic rings. The Hall–Kier alpha value is -3.56. The standard InChI is InChI=1S/C21H16ClN3O3/c1-13-16(10-23)20(27)25(12-14-5-3-2-4-6-14)21(28)17(13)11-24-18-9-15(22)7-8-19(18)26/h2-9,11,24,26H,12H2,1H3/b17-11-. The number of anilines is 1. The number of carbonyl (C=O) groups excluding carboxylic acids is 2. The highest BCUT2D eigenvalue weighted by molar-refractivity contribution is 6.31. The summed E-state index contributed by atoms with van der Waals surface area (Å²) in [6.07, 6.45) is 1.37. The lowest BCUT2D eigenvalue weighted by Crippen LogP contribution is -2.42. The van der Waals surface area contributed by atoms with E-state index in [4.69, 9.17) is 11.6 Å². The van der Waals surface area contributed by atoms with Crippen LogP contribution in [0.25, 0.3) is 0 Å². The Labute approximate surface area is 167 Å². The van der Waals surface area contributed by atoms with Crippen LogP contribution in [0, 0.1) is 11.3 Å². The van der Waals surface area contributed by atoms with Crippen molar-refractivity contribution in [2.75, 3.05) is 5.32 Å². The molecule has 0 unspecified atom stereocenters. The van der Waals surface area contributed by atoms with Crippen molar-refractivity contribution in [1.82, 2.24) is 4.90 Å². The van der Waals surface area contributed by atoms with Crippen LogP contribution in [0.4, 0.5) is 5.69 Å². The Bertz CT molecular complexity index is 1050. The number of phenols is 1. The predicted octanol–water partition coefficient (Wildman–Crippen LogP) is 3.75. The number of rotatable bonds is 4. The van der Waals surface area contributed by atoms with Crippen LogP contribution in [0.5, 0.6) is 5.75 Å². The number of nitriles is 1. The Morgan fingerprint density at radius 3 is 2.57 bits per heavy atom. The van der Waals surface area contributed by atoms with Crippen molar-refractivity contribution in [3.8, 4) is 11.8 Å². The predicted molar refractivity (Wildman–Crippen MR) is 105 cm³/mol. The van der Waals surface area contributed by atoms with Crippen LogP contribution in [-0.4, -0.2) is 21.8 Å². The largest absolute Gasteiger partial charge is 0.506 e. The molecule has 6 nitrogen and oxygen atoms in total. The fraction of sp³-hybridized carbons (Fsp3) is 0.0952. The van der Waals surface area contributed by atoms with Gasteiger partial charge in [0.15, 0.2) is 0 Å². The summed E-state index contributed by atoms with van der Waals surface area (Å²) < 4.78 is 0. The van der Waals surface area contributed by atoms with E-state index in [1.54, 1.807) is 31.2 Å². The van der Waals surface area contributed by atoms with Gasteiger partial charge in [0, 0.05) is 11.2 Å². The van der Waals surface area contributed by atoms with Gasteiger partial charge in [-0.15, -0.1) is 0 Å². The van der Waals surface area contributed by atoms with Gasteiger partial charge in [0.1, 0.15) is 17.4 Å². The SMILES string of the molecule is CC1=C(C#N)C(=O)N(Cc2ccccc2)C(=O)/C1=C\Nc1cc(Cl)ccc1O. The van der Waals surface area contributed by atoms with Crippen molar-refractivity contribution in [3.63, 3.8) is 0 Å². The van der Waals surface area contributed by atoms with E-state index in [1.165, 1.54) is 24.4 Å². The number of amides is 2. The summed E-state index contributed by atoms with van der Waals surface area (Å²) >= 11 is 5.93. The summed E-state index contributed by atoms with van der Waals surface area (Å²) in [4.78, 5) is 26.6. The van der Waals surface area contributed by atoms with Gasteiger partial charge in [-0.05, 0) is 36.3 Å². The Morgan fingerprint density at radius 1 is 1.18 bits per heavy atom. The first kappa shape index (κ1) is 19.2. The van der Waals surface area contributed by atoms with Crippen molar-refractivity contribution in [3.05, 3.63) is 82.0 Å². The van der Waals surface area contributed by atoms with Crippen molar-refractivity contribution in [2.24, 2.45) is 0 Å². The number of aromatic hydroxyl groups is 1. The highest BCUT2D eigenvalue weighted by Crippen LogP contribution is 2.29. The average molecular weight is 394 g/mol. The summed E-state index contributed by atoms with van der Waals surface area (Å²) in [6.45, 7) is 1.59. The first-order chi connectivity index (χ1) is 13.4. The number of hydrogen-bond acceptors (Lipinski definition) is 5. The number of nitrogens with one attached hydrogen (secondary N) is 1. The van der Waals surface area contributed by atoms with E-state index in [9.17, 15) is 20.0 Å². The zero-order chi connectivity index (χ0) is 20.3. The number of nitrogens with zero attached hydrogens (tertiary/aromatic N) is 2. The molecule has 1 aliphatic rings. The molecule has 2 N–H and O–H groups in total. The number of imide groups is 1. The molecule has 28 heavy (non-hydrogen) atoms. The highest BCUT2D eigenvalue weighted by Gasteiger charge is 2.35. The lowest BCUT2D eigenvalue weighted by atomic mass is 9.95. The molecule has 0 spiro atoms. The maximum atomic E-state index is 12.9. The molecule has 0 fully saturated rings. The third-order valence-electron chi connectivity index (χ3n) is 4.34. The average Bonchev–Trinajstić information content (AvgIpc) is 2.69. The van der Waals surface area contributed by atoms with Gasteiger partial charge >= 0.3 is 0 Å². The van der Waals surface area contributed by atoms with Crippen LogP contribution in [-0.2, 0) is 16.1 Å². The van der Waals surface area contributed by atoms with E-state index in [0.29, 0.717) is 10.7 Å². The Morgan fingerprint density at radius 2 is 1.89 bits per heavy atom. The van der Waals surface area contributed by atoms with Gasteiger partial charge in [0.05, 0.1) is 17.8 Å². The summed E-state index contributed by atoms with van der Waals surface area (Å²) in [6, 6.07) is 15.4. The lowest BCUT2D eigenvalue weighted by Gasteiger charge is -2.27. The lowest BCUT2D eigenvalue weighted by molar-refractivity contribution is -0.141. The fourth-order valence-electron chi connectivity index (χ4n) is 2.81. The highest BCUT2D eigenvalue weighted by atomic mass is 35.5. The summed E-state index contributed by atoms with van der Waals surface area (Å²) in [7, 11) is 0. The normalized spacial score (nSPS) is 15.8. The fourth-order valence-corrected chi connectivity index (χ4v) is 2.99. The molecular weight excluding hydrogens is 378 g/mol. The molecule has 0 saturated carbocycles. The molecule has 0 aliphatic carbocycles. The molecule has 0 atom stereocenters.